The number of urea groups is 1. The first-order valence-corrected chi connectivity index (χ1v) is 9.93. The van der Waals surface area contributed by atoms with Gasteiger partial charge >= 0.3 is 6.03 Å². The number of nitrogens with two attached hydrogens (primary N) is 1. The first kappa shape index (κ1) is 19.0. The quantitative estimate of drug-likeness (QED) is 0.692. The van der Waals surface area contributed by atoms with Crippen LogP contribution in [0, 0.1) is 0 Å². The zero-order valence-corrected chi connectivity index (χ0v) is 15.6. The number of carbonyl (C=O) groups is 1. The molecule has 2 amide bonds. The second-order valence-electron chi connectivity index (χ2n) is 6.18. The number of benzene rings is 2. The van der Waals surface area contributed by atoms with Crippen molar-refractivity contribution in [2.24, 2.45) is 5.14 Å². The van der Waals surface area contributed by atoms with Crippen molar-refractivity contribution in [3.63, 3.8) is 0 Å². The molecule has 2 aromatic rings. The van der Waals surface area contributed by atoms with Gasteiger partial charge in [-0.15, -0.1) is 0 Å². The normalized spacial score (nSPS) is 13.9. The molecule has 0 aliphatic carbocycles. The summed E-state index contributed by atoms with van der Waals surface area (Å²) in [5.74, 6) is 1.43. The Morgan fingerprint density at radius 3 is 2.74 bits per heavy atom. The number of nitrogens with one attached hydrogen (secondary N) is 2. The molecule has 3 rings (SSSR count). The molecule has 0 fully saturated rings. The standard InChI is InChI=1S/C18H21N3O5S/c1-12(14-3-2-4-15(10-14)27(19,23)24)21-18(22)20-8-7-13-5-6-16-17(9-13)26-11-25-16/h2-6,9-10,12H,7-8,11H2,1H3,(H2,19,23,24)(H2,20,21,22)/t12-/m0/s1. The first-order valence-electron chi connectivity index (χ1n) is 8.38. The van der Waals surface area contributed by atoms with Gasteiger partial charge in [0, 0.05) is 6.54 Å². The number of carbonyl (C=O) groups excluding carboxylic acids is 1. The van der Waals surface area contributed by atoms with E-state index in [0.29, 0.717) is 24.3 Å². The fourth-order valence-electron chi connectivity index (χ4n) is 2.71. The molecule has 9 heteroatoms. The summed E-state index contributed by atoms with van der Waals surface area (Å²) in [6.07, 6.45) is 0.638. The lowest BCUT2D eigenvalue weighted by atomic mass is 10.1. The zero-order chi connectivity index (χ0) is 19.4. The molecular weight excluding hydrogens is 370 g/mol. The third-order valence-corrected chi connectivity index (χ3v) is 5.08. The molecule has 0 spiro atoms. The molecule has 0 bridgehead atoms. The number of amides is 2. The van der Waals surface area contributed by atoms with Crippen LogP contribution in [0.3, 0.4) is 0 Å². The molecule has 8 nitrogen and oxygen atoms in total. The second-order valence-corrected chi connectivity index (χ2v) is 7.74. The molecule has 144 valence electrons. The molecule has 1 aliphatic heterocycles. The van der Waals surface area contributed by atoms with Gasteiger partial charge in [-0.25, -0.2) is 18.4 Å². The SMILES string of the molecule is C[C@H](NC(=O)NCCc1ccc2c(c1)OCO2)c1cccc(S(N)(=O)=O)c1. The number of ether oxygens (including phenoxy) is 2. The summed E-state index contributed by atoms with van der Waals surface area (Å²) in [5.41, 5.74) is 1.67. The highest BCUT2D eigenvalue weighted by Crippen LogP contribution is 2.32. The minimum absolute atomic E-state index is 0.0110. The Morgan fingerprint density at radius 2 is 1.96 bits per heavy atom. The topological polar surface area (TPSA) is 120 Å². The molecule has 0 unspecified atom stereocenters. The van der Waals surface area contributed by atoms with Crippen LogP contribution in [0.5, 0.6) is 11.5 Å². The maximum atomic E-state index is 12.1. The van der Waals surface area contributed by atoms with Crippen molar-refractivity contribution in [2.75, 3.05) is 13.3 Å². The third kappa shape index (κ3) is 4.89. The van der Waals surface area contributed by atoms with Crippen LogP contribution in [-0.4, -0.2) is 27.8 Å². The summed E-state index contributed by atoms with van der Waals surface area (Å²) in [4.78, 5) is 12.1. The van der Waals surface area contributed by atoms with Crippen LogP contribution in [0.4, 0.5) is 4.79 Å². The van der Waals surface area contributed by atoms with E-state index in [-0.39, 0.29) is 23.8 Å². The van der Waals surface area contributed by atoms with E-state index < -0.39 is 10.0 Å². The minimum atomic E-state index is -3.78. The van der Waals surface area contributed by atoms with Gasteiger partial charge in [0.15, 0.2) is 11.5 Å². The Kier molecular flexibility index (Phi) is 5.52. The van der Waals surface area contributed by atoms with Crippen LogP contribution in [-0.2, 0) is 16.4 Å². The largest absolute Gasteiger partial charge is 0.454 e. The average molecular weight is 391 g/mol. The summed E-state index contributed by atoms with van der Waals surface area (Å²) in [6, 6.07) is 11.1. The summed E-state index contributed by atoms with van der Waals surface area (Å²) >= 11 is 0. The van der Waals surface area contributed by atoms with E-state index in [2.05, 4.69) is 10.6 Å². The van der Waals surface area contributed by atoms with E-state index in [1.807, 2.05) is 18.2 Å². The lowest BCUT2D eigenvalue weighted by Gasteiger charge is -2.16. The van der Waals surface area contributed by atoms with Gasteiger partial charge < -0.3 is 20.1 Å². The summed E-state index contributed by atoms with van der Waals surface area (Å²) in [6.45, 7) is 2.43. The van der Waals surface area contributed by atoms with Gasteiger partial charge in [0.2, 0.25) is 16.8 Å². The number of hydrogen-bond acceptors (Lipinski definition) is 5. The number of hydrogen-bond donors (Lipinski definition) is 3. The van der Waals surface area contributed by atoms with Crippen LogP contribution in [0.2, 0.25) is 0 Å². The predicted molar refractivity (Wildman–Crippen MR) is 99.0 cm³/mol. The van der Waals surface area contributed by atoms with Crippen molar-refractivity contribution in [2.45, 2.75) is 24.3 Å². The number of primary sulfonamides is 1. The van der Waals surface area contributed by atoms with E-state index in [4.69, 9.17) is 14.6 Å². The van der Waals surface area contributed by atoms with Gasteiger partial charge in [-0.05, 0) is 48.7 Å². The van der Waals surface area contributed by atoms with Crippen molar-refractivity contribution in [1.29, 1.82) is 0 Å². The zero-order valence-electron chi connectivity index (χ0n) is 14.8. The molecule has 27 heavy (non-hydrogen) atoms. The molecule has 1 heterocycles. The maximum absolute atomic E-state index is 12.1. The number of rotatable bonds is 6. The van der Waals surface area contributed by atoms with Crippen molar-refractivity contribution in [3.05, 3.63) is 53.6 Å². The van der Waals surface area contributed by atoms with Crippen LogP contribution in [0.25, 0.3) is 0 Å². The molecule has 0 aromatic heterocycles. The van der Waals surface area contributed by atoms with E-state index in [0.717, 1.165) is 11.3 Å². The highest BCUT2D eigenvalue weighted by atomic mass is 32.2. The van der Waals surface area contributed by atoms with Gasteiger partial charge in [-0.2, -0.15) is 0 Å². The Labute approximate surface area is 157 Å². The Hall–Kier alpha value is -2.78. The summed E-state index contributed by atoms with van der Waals surface area (Å²) in [7, 11) is -3.78. The summed E-state index contributed by atoms with van der Waals surface area (Å²) in [5, 5.41) is 10.7. The van der Waals surface area contributed by atoms with Crippen LogP contribution >= 0.6 is 0 Å². The number of sulfonamides is 1. The molecular formula is C18H21N3O5S. The van der Waals surface area contributed by atoms with Gasteiger partial charge in [0.25, 0.3) is 0 Å². The molecule has 1 atom stereocenters. The van der Waals surface area contributed by atoms with Crippen molar-refractivity contribution < 1.29 is 22.7 Å². The third-order valence-electron chi connectivity index (χ3n) is 4.17. The van der Waals surface area contributed by atoms with E-state index in [1.165, 1.54) is 12.1 Å². The van der Waals surface area contributed by atoms with Crippen molar-refractivity contribution in [1.82, 2.24) is 10.6 Å². The van der Waals surface area contributed by atoms with Crippen LogP contribution < -0.4 is 25.2 Å². The minimum Gasteiger partial charge on any atom is -0.454 e. The smallest absolute Gasteiger partial charge is 0.315 e. The molecule has 2 aromatic carbocycles. The highest BCUT2D eigenvalue weighted by Gasteiger charge is 2.15. The van der Waals surface area contributed by atoms with Crippen LogP contribution in [0.1, 0.15) is 24.1 Å². The maximum Gasteiger partial charge on any atom is 0.315 e. The molecule has 4 N–H and O–H groups in total. The monoisotopic (exact) mass is 391 g/mol. The van der Waals surface area contributed by atoms with Gasteiger partial charge in [-0.3, -0.25) is 0 Å². The van der Waals surface area contributed by atoms with Gasteiger partial charge in [-0.1, -0.05) is 18.2 Å². The van der Waals surface area contributed by atoms with Crippen molar-refractivity contribution >= 4 is 16.1 Å². The van der Waals surface area contributed by atoms with E-state index >= 15 is 0 Å². The second kappa shape index (κ2) is 7.85. The lowest BCUT2D eigenvalue weighted by molar-refractivity contribution is 0.174. The fraction of sp³-hybridized carbons (Fsp3) is 0.278. The average Bonchev–Trinajstić information content (AvgIpc) is 3.09. The summed E-state index contributed by atoms with van der Waals surface area (Å²) < 4.78 is 33.5. The van der Waals surface area contributed by atoms with Crippen molar-refractivity contribution in [3.8, 4) is 11.5 Å². The van der Waals surface area contributed by atoms with Gasteiger partial charge in [0.1, 0.15) is 0 Å². The molecule has 0 saturated carbocycles. The lowest BCUT2D eigenvalue weighted by Crippen LogP contribution is -2.38. The highest BCUT2D eigenvalue weighted by molar-refractivity contribution is 7.89. The van der Waals surface area contributed by atoms with Gasteiger partial charge in [0.05, 0.1) is 10.9 Å². The molecule has 0 saturated heterocycles. The fourth-order valence-corrected chi connectivity index (χ4v) is 3.28. The molecule has 1 aliphatic rings. The van der Waals surface area contributed by atoms with Crippen LogP contribution in [0.15, 0.2) is 47.4 Å². The van der Waals surface area contributed by atoms with E-state index in [1.54, 1.807) is 19.1 Å². The first-order chi connectivity index (χ1) is 12.8. The molecule has 0 radical (unpaired) electrons. The Morgan fingerprint density at radius 1 is 1.19 bits per heavy atom. The number of fused-ring (bicyclic) bond motifs is 1. The predicted octanol–water partition coefficient (Wildman–Crippen LogP) is 1.67. The van der Waals surface area contributed by atoms with E-state index in [9.17, 15) is 13.2 Å². The Balaban J connectivity index is 1.50. The Bertz CT molecular complexity index is 946.